The SMILES string of the molecule is CSc1ccc(NC(=O)/C=C/c2cccc(Cl)c2)cc1. The smallest absolute Gasteiger partial charge is 0.248 e. The maximum atomic E-state index is 11.8. The highest BCUT2D eigenvalue weighted by atomic mass is 35.5. The molecular weight excluding hydrogens is 290 g/mol. The van der Waals surface area contributed by atoms with Crippen molar-refractivity contribution in [3.05, 3.63) is 65.2 Å². The number of amides is 1. The normalized spacial score (nSPS) is 10.7. The molecule has 0 saturated heterocycles. The molecule has 0 radical (unpaired) electrons. The first-order chi connectivity index (χ1) is 9.67. The van der Waals surface area contributed by atoms with E-state index in [-0.39, 0.29) is 5.91 Å². The van der Waals surface area contributed by atoms with E-state index in [0.29, 0.717) is 5.02 Å². The van der Waals surface area contributed by atoms with E-state index in [1.807, 2.05) is 42.7 Å². The molecule has 1 N–H and O–H groups in total. The van der Waals surface area contributed by atoms with Crippen LogP contribution in [0, 0.1) is 0 Å². The van der Waals surface area contributed by atoms with E-state index in [0.717, 1.165) is 16.1 Å². The predicted octanol–water partition coefficient (Wildman–Crippen LogP) is 4.71. The molecule has 2 aromatic carbocycles. The van der Waals surface area contributed by atoms with Gasteiger partial charge in [-0.1, -0.05) is 23.7 Å². The Labute approximate surface area is 127 Å². The van der Waals surface area contributed by atoms with Crippen molar-refractivity contribution in [1.82, 2.24) is 0 Å². The molecule has 2 nitrogen and oxygen atoms in total. The maximum absolute atomic E-state index is 11.8. The molecule has 0 aliphatic rings. The van der Waals surface area contributed by atoms with Gasteiger partial charge >= 0.3 is 0 Å². The molecule has 0 heterocycles. The fourth-order valence-corrected chi connectivity index (χ4v) is 2.25. The Morgan fingerprint density at radius 3 is 2.60 bits per heavy atom. The highest BCUT2D eigenvalue weighted by molar-refractivity contribution is 7.98. The molecule has 102 valence electrons. The third-order valence-electron chi connectivity index (χ3n) is 2.63. The Balaban J connectivity index is 1.98. The van der Waals surface area contributed by atoms with Gasteiger partial charge in [0.25, 0.3) is 0 Å². The van der Waals surface area contributed by atoms with Gasteiger partial charge in [0.15, 0.2) is 0 Å². The van der Waals surface area contributed by atoms with Crippen molar-refractivity contribution < 1.29 is 4.79 Å². The van der Waals surface area contributed by atoms with Crippen LogP contribution in [-0.2, 0) is 4.79 Å². The second-order valence-electron chi connectivity index (χ2n) is 4.11. The number of carbonyl (C=O) groups excluding carboxylic acids is 1. The van der Waals surface area contributed by atoms with Crippen LogP contribution in [-0.4, -0.2) is 12.2 Å². The number of benzene rings is 2. The summed E-state index contributed by atoms with van der Waals surface area (Å²) < 4.78 is 0. The van der Waals surface area contributed by atoms with Gasteiger partial charge < -0.3 is 5.32 Å². The van der Waals surface area contributed by atoms with Crippen molar-refractivity contribution in [2.24, 2.45) is 0 Å². The van der Waals surface area contributed by atoms with Crippen LogP contribution in [0.4, 0.5) is 5.69 Å². The minimum absolute atomic E-state index is 0.165. The van der Waals surface area contributed by atoms with E-state index >= 15 is 0 Å². The van der Waals surface area contributed by atoms with Crippen molar-refractivity contribution in [2.45, 2.75) is 4.90 Å². The Kier molecular flexibility index (Phi) is 5.27. The van der Waals surface area contributed by atoms with Gasteiger partial charge in [-0.25, -0.2) is 0 Å². The molecule has 0 aliphatic heterocycles. The summed E-state index contributed by atoms with van der Waals surface area (Å²) in [5, 5.41) is 3.46. The average molecular weight is 304 g/mol. The number of carbonyl (C=O) groups is 1. The summed E-state index contributed by atoms with van der Waals surface area (Å²) in [7, 11) is 0. The van der Waals surface area contributed by atoms with Gasteiger partial charge in [-0.3, -0.25) is 4.79 Å². The van der Waals surface area contributed by atoms with Crippen LogP contribution in [0.15, 0.2) is 59.5 Å². The average Bonchev–Trinajstić information content (AvgIpc) is 2.46. The Morgan fingerprint density at radius 2 is 1.95 bits per heavy atom. The molecule has 0 aromatic heterocycles. The highest BCUT2D eigenvalue weighted by Crippen LogP contribution is 2.17. The topological polar surface area (TPSA) is 29.1 Å². The van der Waals surface area contributed by atoms with Crippen LogP contribution in [0.3, 0.4) is 0 Å². The van der Waals surface area contributed by atoms with E-state index < -0.39 is 0 Å². The lowest BCUT2D eigenvalue weighted by atomic mass is 10.2. The monoisotopic (exact) mass is 303 g/mol. The number of halogens is 1. The molecular formula is C16H14ClNOS. The first-order valence-electron chi connectivity index (χ1n) is 6.06. The summed E-state index contributed by atoms with van der Waals surface area (Å²) in [6.45, 7) is 0. The number of hydrogen-bond acceptors (Lipinski definition) is 2. The quantitative estimate of drug-likeness (QED) is 0.654. The second kappa shape index (κ2) is 7.17. The first kappa shape index (κ1) is 14.7. The zero-order valence-electron chi connectivity index (χ0n) is 11.0. The summed E-state index contributed by atoms with van der Waals surface area (Å²) in [5.41, 5.74) is 1.67. The zero-order chi connectivity index (χ0) is 14.4. The van der Waals surface area contributed by atoms with Crippen LogP contribution in [0.25, 0.3) is 6.08 Å². The van der Waals surface area contributed by atoms with Crippen LogP contribution in [0.1, 0.15) is 5.56 Å². The lowest BCUT2D eigenvalue weighted by Crippen LogP contribution is -2.07. The van der Waals surface area contributed by atoms with Gasteiger partial charge in [0.1, 0.15) is 0 Å². The molecule has 0 atom stereocenters. The van der Waals surface area contributed by atoms with Crippen molar-refractivity contribution in [3.8, 4) is 0 Å². The third kappa shape index (κ3) is 4.44. The maximum Gasteiger partial charge on any atom is 0.248 e. The Bertz CT molecular complexity index is 623. The molecule has 0 spiro atoms. The molecule has 0 saturated carbocycles. The largest absolute Gasteiger partial charge is 0.323 e. The van der Waals surface area contributed by atoms with Crippen molar-refractivity contribution in [2.75, 3.05) is 11.6 Å². The molecule has 1 amide bonds. The van der Waals surface area contributed by atoms with Crippen molar-refractivity contribution in [1.29, 1.82) is 0 Å². The number of rotatable bonds is 4. The first-order valence-corrected chi connectivity index (χ1v) is 7.66. The van der Waals surface area contributed by atoms with Gasteiger partial charge in [0.2, 0.25) is 5.91 Å². The Morgan fingerprint density at radius 1 is 1.20 bits per heavy atom. The highest BCUT2D eigenvalue weighted by Gasteiger charge is 1.98. The van der Waals surface area contributed by atoms with Crippen LogP contribution in [0.2, 0.25) is 5.02 Å². The van der Waals surface area contributed by atoms with E-state index in [1.54, 1.807) is 30.0 Å². The number of nitrogens with one attached hydrogen (secondary N) is 1. The zero-order valence-corrected chi connectivity index (χ0v) is 12.5. The second-order valence-corrected chi connectivity index (χ2v) is 5.42. The lowest BCUT2D eigenvalue weighted by Gasteiger charge is -2.03. The van der Waals surface area contributed by atoms with Crippen LogP contribution >= 0.6 is 23.4 Å². The van der Waals surface area contributed by atoms with Gasteiger partial charge in [-0.15, -0.1) is 11.8 Å². The molecule has 0 bridgehead atoms. The van der Waals surface area contributed by atoms with Gasteiger partial charge in [-0.2, -0.15) is 0 Å². The van der Waals surface area contributed by atoms with E-state index in [1.165, 1.54) is 6.08 Å². The standard InChI is InChI=1S/C16H14ClNOS/c1-20-15-8-6-14(7-9-15)18-16(19)10-5-12-3-2-4-13(17)11-12/h2-11H,1H3,(H,18,19)/b10-5+. The Hall–Kier alpha value is -1.71. The predicted molar refractivity (Wildman–Crippen MR) is 87.3 cm³/mol. The summed E-state index contributed by atoms with van der Waals surface area (Å²) in [4.78, 5) is 13.0. The molecule has 2 aromatic rings. The minimum Gasteiger partial charge on any atom is -0.323 e. The number of hydrogen-bond donors (Lipinski definition) is 1. The van der Waals surface area contributed by atoms with Gasteiger partial charge in [-0.05, 0) is 54.3 Å². The summed E-state index contributed by atoms with van der Waals surface area (Å²) in [6.07, 6.45) is 5.24. The number of thioether (sulfide) groups is 1. The molecule has 0 fully saturated rings. The van der Waals surface area contributed by atoms with E-state index in [4.69, 9.17) is 11.6 Å². The van der Waals surface area contributed by atoms with Crippen LogP contribution in [0.5, 0.6) is 0 Å². The lowest BCUT2D eigenvalue weighted by molar-refractivity contribution is -0.111. The fraction of sp³-hybridized carbons (Fsp3) is 0.0625. The van der Waals surface area contributed by atoms with Gasteiger partial charge in [0.05, 0.1) is 0 Å². The van der Waals surface area contributed by atoms with Gasteiger partial charge in [0, 0.05) is 21.7 Å². The van der Waals surface area contributed by atoms with Crippen LogP contribution < -0.4 is 5.32 Å². The van der Waals surface area contributed by atoms with E-state index in [2.05, 4.69) is 5.32 Å². The summed E-state index contributed by atoms with van der Waals surface area (Å²) in [6, 6.07) is 15.1. The molecule has 0 unspecified atom stereocenters. The summed E-state index contributed by atoms with van der Waals surface area (Å²) >= 11 is 7.55. The molecule has 20 heavy (non-hydrogen) atoms. The fourth-order valence-electron chi connectivity index (χ4n) is 1.64. The van der Waals surface area contributed by atoms with Crippen molar-refractivity contribution in [3.63, 3.8) is 0 Å². The molecule has 0 aliphatic carbocycles. The molecule has 2 rings (SSSR count). The summed E-state index contributed by atoms with van der Waals surface area (Å²) in [5.74, 6) is -0.165. The van der Waals surface area contributed by atoms with Crippen molar-refractivity contribution >= 4 is 41.0 Å². The number of anilines is 1. The minimum atomic E-state index is -0.165. The van der Waals surface area contributed by atoms with E-state index in [9.17, 15) is 4.79 Å². The molecule has 4 heteroatoms. The third-order valence-corrected chi connectivity index (χ3v) is 3.61.